The van der Waals surface area contributed by atoms with Gasteiger partial charge in [0, 0.05) is 27.5 Å². The number of rotatable bonds is 0. The third kappa shape index (κ3) is 3.96. The Hall–Kier alpha value is -3.59. The highest BCUT2D eigenvalue weighted by atomic mass is 16.1. The van der Waals surface area contributed by atoms with Gasteiger partial charge in [-0.25, -0.2) is 9.98 Å². The zero-order valence-electron chi connectivity index (χ0n) is 20.7. The Morgan fingerprint density at radius 1 is 0.618 bits per heavy atom. The molecule has 4 bridgehead atoms. The van der Waals surface area contributed by atoms with Crippen molar-refractivity contribution < 1.29 is 4.79 Å². The molecular weight excluding hydrogens is 416 g/mol. The molecule has 3 aromatic carbocycles. The fourth-order valence-electron chi connectivity index (χ4n) is 4.52. The monoisotopic (exact) mass is 446 g/mol. The molecule has 3 nitrogen and oxygen atoms in total. The highest BCUT2D eigenvalue weighted by molar-refractivity contribution is 6.11. The van der Waals surface area contributed by atoms with Crippen LogP contribution in [0.3, 0.4) is 0 Å². The lowest BCUT2D eigenvalue weighted by atomic mass is 9.72. The highest BCUT2D eigenvalue weighted by Crippen LogP contribution is 2.39. The number of hydrogen-bond acceptors (Lipinski definition) is 3. The lowest BCUT2D eigenvalue weighted by Crippen LogP contribution is -2.28. The first kappa shape index (κ1) is 22.2. The summed E-state index contributed by atoms with van der Waals surface area (Å²) in [5.41, 5.74) is 1.93. The van der Waals surface area contributed by atoms with Gasteiger partial charge in [-0.1, -0.05) is 90.1 Å². The van der Waals surface area contributed by atoms with Crippen molar-refractivity contribution >= 4 is 27.3 Å². The maximum atomic E-state index is 13.4. The fraction of sp³-hybridized carbons (Fsp3) is 0.258. The molecule has 0 N–H and O–H groups in total. The molecule has 1 aliphatic carbocycles. The van der Waals surface area contributed by atoms with Crippen LogP contribution in [0.5, 0.6) is 0 Å². The maximum Gasteiger partial charge on any atom is 0.186 e. The van der Waals surface area contributed by atoms with Crippen LogP contribution in [-0.4, -0.2) is 5.78 Å². The molecule has 0 fully saturated rings. The van der Waals surface area contributed by atoms with E-state index in [0.717, 1.165) is 49.0 Å². The van der Waals surface area contributed by atoms with Crippen LogP contribution >= 0.6 is 0 Å². The second kappa shape index (κ2) is 7.73. The Balaban J connectivity index is 1.91. The van der Waals surface area contributed by atoms with Gasteiger partial charge < -0.3 is 0 Å². The number of nitrogens with zero attached hydrogens (tertiary/aromatic N) is 2. The van der Waals surface area contributed by atoms with Gasteiger partial charge in [0.25, 0.3) is 0 Å². The summed E-state index contributed by atoms with van der Waals surface area (Å²) >= 11 is 0. The van der Waals surface area contributed by atoms with E-state index in [4.69, 9.17) is 9.98 Å². The minimum atomic E-state index is -0.279. The molecule has 3 heteroatoms. The Labute approximate surface area is 200 Å². The first-order valence-corrected chi connectivity index (χ1v) is 11.8. The quantitative estimate of drug-likeness (QED) is 0.386. The van der Waals surface area contributed by atoms with Crippen LogP contribution in [0.4, 0.5) is 0 Å². The van der Waals surface area contributed by atoms with E-state index >= 15 is 0 Å². The molecule has 0 unspecified atom stereocenters. The van der Waals surface area contributed by atoms with Crippen LogP contribution in [0.1, 0.15) is 41.5 Å². The summed E-state index contributed by atoms with van der Waals surface area (Å²) in [6.07, 6.45) is 3.99. The highest BCUT2D eigenvalue weighted by Gasteiger charge is 2.34. The molecule has 0 saturated heterocycles. The maximum absolute atomic E-state index is 13.4. The van der Waals surface area contributed by atoms with Crippen molar-refractivity contribution in [2.75, 3.05) is 0 Å². The summed E-state index contributed by atoms with van der Waals surface area (Å²) in [5.74, 6) is 0.775. The van der Waals surface area contributed by atoms with Crippen LogP contribution in [0.25, 0.3) is 21.5 Å². The van der Waals surface area contributed by atoms with Crippen molar-refractivity contribution in [3.63, 3.8) is 0 Å². The van der Waals surface area contributed by atoms with Gasteiger partial charge >= 0.3 is 0 Å². The van der Waals surface area contributed by atoms with Crippen molar-refractivity contribution in [1.82, 2.24) is 0 Å². The second-order valence-electron chi connectivity index (χ2n) is 11.2. The third-order valence-electron chi connectivity index (χ3n) is 6.41. The van der Waals surface area contributed by atoms with E-state index < -0.39 is 0 Å². The number of hydrogen-bond donors (Lipinski definition) is 0. The Kier molecular flexibility index (Phi) is 5.05. The third-order valence-corrected chi connectivity index (χ3v) is 6.41. The van der Waals surface area contributed by atoms with Crippen LogP contribution < -0.4 is 10.7 Å². The van der Waals surface area contributed by atoms with Gasteiger partial charge in [-0.3, -0.25) is 4.79 Å². The molecule has 0 saturated carbocycles. The number of carbonyl (C=O) groups excluding carboxylic acids is 1. The second-order valence-corrected chi connectivity index (χ2v) is 11.2. The van der Waals surface area contributed by atoms with Gasteiger partial charge in [0.15, 0.2) is 11.6 Å². The van der Waals surface area contributed by atoms with E-state index in [1.54, 1.807) is 0 Å². The van der Waals surface area contributed by atoms with Crippen LogP contribution in [-0.2, 0) is 4.79 Å². The Bertz CT molecular complexity index is 1500. The van der Waals surface area contributed by atoms with E-state index in [0.29, 0.717) is 5.82 Å². The predicted octanol–water partition coefficient (Wildman–Crippen LogP) is 6.55. The molecule has 34 heavy (non-hydrogen) atoms. The molecule has 0 amide bonds. The van der Waals surface area contributed by atoms with E-state index in [-0.39, 0.29) is 16.6 Å². The number of carbonyl (C=O) groups is 1. The number of benzene rings is 2. The van der Waals surface area contributed by atoms with Crippen molar-refractivity contribution in [3.8, 4) is 0 Å². The van der Waals surface area contributed by atoms with Crippen LogP contribution in [0.2, 0.25) is 0 Å². The molecule has 3 aromatic rings. The number of allylic oxidation sites excluding steroid dienone is 5. The molecule has 2 aliphatic rings. The van der Waals surface area contributed by atoms with Gasteiger partial charge in [0.1, 0.15) is 0 Å². The molecule has 0 aromatic heterocycles. The predicted molar refractivity (Wildman–Crippen MR) is 140 cm³/mol. The van der Waals surface area contributed by atoms with Gasteiger partial charge in [-0.15, -0.1) is 0 Å². The van der Waals surface area contributed by atoms with Crippen molar-refractivity contribution in [3.05, 3.63) is 106 Å². The first-order valence-electron chi connectivity index (χ1n) is 11.8. The lowest BCUT2D eigenvalue weighted by molar-refractivity contribution is -0.114. The zero-order valence-corrected chi connectivity index (χ0v) is 20.7. The molecule has 5 rings (SSSR count). The SMILES string of the molecule is CC(C)(C)C1=CC(=C2N=c3c(c4cccc(ccc5cccc3c5)c4)=N2)C=C(C(C)(C)C)C1=O. The molecule has 0 atom stereocenters. The van der Waals surface area contributed by atoms with Crippen LogP contribution in [0.15, 0.2) is 105 Å². The Morgan fingerprint density at radius 3 is 1.47 bits per heavy atom. The topological polar surface area (TPSA) is 41.8 Å². The van der Waals surface area contributed by atoms with E-state index in [9.17, 15) is 4.79 Å². The first-order chi connectivity index (χ1) is 16.0. The molecular formula is C31H30N2O. The Morgan fingerprint density at radius 2 is 1.06 bits per heavy atom. The van der Waals surface area contributed by atoms with E-state index in [1.807, 2.05) is 12.2 Å². The summed E-state index contributed by atoms with van der Waals surface area (Å²) in [6, 6.07) is 21.1. The lowest BCUT2D eigenvalue weighted by Gasteiger charge is -2.31. The van der Waals surface area contributed by atoms with Crippen molar-refractivity contribution in [1.29, 1.82) is 0 Å². The number of ketones is 1. The molecule has 0 radical (unpaired) electrons. The molecule has 170 valence electrons. The van der Waals surface area contributed by atoms with Gasteiger partial charge in [0.05, 0.1) is 10.7 Å². The van der Waals surface area contributed by atoms with Crippen molar-refractivity contribution in [2.24, 2.45) is 20.8 Å². The van der Waals surface area contributed by atoms with Gasteiger partial charge in [0.2, 0.25) is 0 Å². The number of fused-ring (bicyclic) bond motifs is 7. The molecule has 1 aliphatic heterocycles. The molecule has 0 spiro atoms. The minimum absolute atomic E-state index is 0.119. The number of Topliss-reactive ketones (excluding diaryl/α,β-unsaturated/α-hetero) is 1. The normalized spacial score (nSPS) is 16.1. The summed E-state index contributed by atoms with van der Waals surface area (Å²) in [4.78, 5) is 23.5. The summed E-state index contributed by atoms with van der Waals surface area (Å²) < 4.78 is 0. The minimum Gasteiger partial charge on any atom is -0.289 e. The van der Waals surface area contributed by atoms with E-state index in [1.165, 1.54) is 0 Å². The average Bonchev–Trinajstić information content (AvgIpc) is 3.22. The van der Waals surface area contributed by atoms with Crippen molar-refractivity contribution in [2.45, 2.75) is 41.5 Å². The average molecular weight is 447 g/mol. The zero-order chi connectivity index (χ0) is 24.3. The van der Waals surface area contributed by atoms with E-state index in [2.05, 4.69) is 102 Å². The van der Waals surface area contributed by atoms with Crippen LogP contribution in [0, 0.1) is 10.8 Å². The summed E-state index contributed by atoms with van der Waals surface area (Å²) in [5, 5.41) is 6.06. The molecule has 1 heterocycles. The largest absolute Gasteiger partial charge is 0.289 e. The fourth-order valence-corrected chi connectivity index (χ4v) is 4.52. The van der Waals surface area contributed by atoms with Gasteiger partial charge in [-0.2, -0.15) is 0 Å². The van der Waals surface area contributed by atoms with Gasteiger partial charge in [-0.05, 0) is 45.9 Å². The summed E-state index contributed by atoms with van der Waals surface area (Å²) in [7, 11) is 0. The summed E-state index contributed by atoms with van der Waals surface area (Å²) in [6.45, 7) is 12.5. The smallest absolute Gasteiger partial charge is 0.186 e. The standard InChI is InChI=1S/C31H30N2O/c1-30(2,3)24-17-23(18-25(28(24)34)31(4,5)6)29-32-26-21-11-7-9-19(15-21)13-14-20-10-8-12-22(16-20)27(26)33-29/h7-18H,1-6H3.